The molecule has 2 aromatic carbocycles. The van der Waals surface area contributed by atoms with Crippen LogP contribution in [0, 0.1) is 12.8 Å². The van der Waals surface area contributed by atoms with Gasteiger partial charge >= 0.3 is 17.3 Å². The van der Waals surface area contributed by atoms with Gasteiger partial charge in [-0.05, 0) is 61.7 Å². The SMILES string of the molecule is CC[C@@H](C)Oc1ccc(/N=c2\[nH]c(=O)n(C[C@H](C)C(=O)O)c(=O)n2Cc2ccc(Cl)cc2)cc1C. The fourth-order valence-electron chi connectivity index (χ4n) is 3.33. The van der Waals surface area contributed by atoms with Crippen LogP contribution in [0.3, 0.4) is 0 Å². The number of benzene rings is 2. The second kappa shape index (κ2) is 11.2. The molecule has 0 aliphatic heterocycles. The monoisotopic (exact) mass is 500 g/mol. The number of carbonyl (C=O) groups is 1. The molecule has 35 heavy (non-hydrogen) atoms. The molecular formula is C25H29ClN4O5. The Balaban J connectivity index is 2.13. The lowest BCUT2D eigenvalue weighted by molar-refractivity contribution is -0.141. The molecule has 0 unspecified atom stereocenters. The lowest BCUT2D eigenvalue weighted by Crippen LogP contribution is -2.51. The van der Waals surface area contributed by atoms with Gasteiger partial charge in [-0.1, -0.05) is 37.6 Å². The molecule has 1 heterocycles. The molecule has 0 aliphatic carbocycles. The van der Waals surface area contributed by atoms with E-state index in [1.54, 1.807) is 42.5 Å². The highest BCUT2D eigenvalue weighted by molar-refractivity contribution is 6.30. The molecule has 3 rings (SSSR count). The fourth-order valence-corrected chi connectivity index (χ4v) is 3.45. The Morgan fingerprint density at radius 3 is 2.43 bits per heavy atom. The molecule has 0 aliphatic rings. The standard InChI is InChI=1S/C25H29ClN4O5/c1-5-17(4)35-21-11-10-20(12-15(21)2)27-23-28-24(33)30(13-16(3)22(31)32)25(34)29(23)14-18-6-8-19(26)9-7-18/h6-12,16-17H,5,13-14H2,1-4H3,(H,31,32)(H,27,28,33)/t16-,17+/m0/s1. The maximum absolute atomic E-state index is 13.3. The molecule has 0 amide bonds. The van der Waals surface area contributed by atoms with Gasteiger partial charge in [0.25, 0.3) is 0 Å². The van der Waals surface area contributed by atoms with Gasteiger partial charge in [0.1, 0.15) is 5.75 Å². The highest BCUT2D eigenvalue weighted by Crippen LogP contribution is 2.24. The van der Waals surface area contributed by atoms with Crippen LogP contribution in [0.15, 0.2) is 57.0 Å². The predicted molar refractivity (Wildman–Crippen MR) is 133 cm³/mol. The van der Waals surface area contributed by atoms with Crippen molar-refractivity contribution >= 4 is 23.3 Å². The first-order valence-corrected chi connectivity index (χ1v) is 11.7. The lowest BCUT2D eigenvalue weighted by Gasteiger charge is -2.15. The predicted octanol–water partition coefficient (Wildman–Crippen LogP) is 3.48. The molecule has 0 spiro atoms. The molecule has 2 N–H and O–H groups in total. The second-order valence-electron chi connectivity index (χ2n) is 8.50. The number of nitrogens with zero attached hydrogens (tertiary/aromatic N) is 3. The summed E-state index contributed by atoms with van der Waals surface area (Å²) in [5.41, 5.74) is 0.791. The summed E-state index contributed by atoms with van der Waals surface area (Å²) in [6, 6.07) is 12.3. The number of aromatic amines is 1. The van der Waals surface area contributed by atoms with Crippen LogP contribution in [0.5, 0.6) is 5.75 Å². The number of hydrogen-bond acceptors (Lipinski definition) is 5. The van der Waals surface area contributed by atoms with E-state index in [0.717, 1.165) is 27.9 Å². The van der Waals surface area contributed by atoms with E-state index in [1.165, 1.54) is 11.5 Å². The van der Waals surface area contributed by atoms with E-state index in [2.05, 4.69) is 9.98 Å². The van der Waals surface area contributed by atoms with Crippen LogP contribution < -0.4 is 21.7 Å². The Morgan fingerprint density at radius 2 is 1.83 bits per heavy atom. The number of aromatic nitrogens is 3. The van der Waals surface area contributed by atoms with Crippen LogP contribution in [0.2, 0.25) is 5.02 Å². The summed E-state index contributed by atoms with van der Waals surface area (Å²) >= 11 is 5.98. The van der Waals surface area contributed by atoms with Crippen molar-refractivity contribution in [1.82, 2.24) is 14.1 Å². The van der Waals surface area contributed by atoms with Crippen molar-refractivity contribution in [2.24, 2.45) is 10.9 Å². The Morgan fingerprint density at radius 1 is 1.14 bits per heavy atom. The first kappa shape index (κ1) is 26.0. The number of aryl methyl sites for hydroxylation is 1. The van der Waals surface area contributed by atoms with Crippen LogP contribution in [-0.2, 0) is 17.9 Å². The maximum Gasteiger partial charge on any atom is 0.335 e. The highest BCUT2D eigenvalue weighted by atomic mass is 35.5. The summed E-state index contributed by atoms with van der Waals surface area (Å²) in [6.07, 6.45) is 0.934. The third-order valence-corrected chi connectivity index (χ3v) is 5.86. The summed E-state index contributed by atoms with van der Waals surface area (Å²) < 4.78 is 8.09. The molecule has 9 nitrogen and oxygen atoms in total. The fraction of sp³-hybridized carbons (Fsp3) is 0.360. The molecule has 0 fully saturated rings. The molecular weight excluding hydrogens is 472 g/mol. The molecule has 3 aromatic rings. The maximum atomic E-state index is 13.3. The number of carboxylic acid groups (broad SMARTS) is 1. The van der Waals surface area contributed by atoms with Crippen LogP contribution in [0.4, 0.5) is 5.69 Å². The van der Waals surface area contributed by atoms with Crippen LogP contribution in [0.25, 0.3) is 0 Å². The zero-order valence-corrected chi connectivity index (χ0v) is 20.9. The quantitative estimate of drug-likeness (QED) is 0.466. The van der Waals surface area contributed by atoms with E-state index >= 15 is 0 Å². The molecule has 10 heteroatoms. The number of halogens is 1. The third kappa shape index (κ3) is 6.51. The number of aliphatic carboxylic acids is 1. The van der Waals surface area contributed by atoms with Crippen molar-refractivity contribution in [2.45, 2.75) is 53.3 Å². The summed E-state index contributed by atoms with van der Waals surface area (Å²) in [7, 11) is 0. The van der Waals surface area contributed by atoms with E-state index in [9.17, 15) is 19.5 Å². The van der Waals surface area contributed by atoms with Crippen molar-refractivity contribution in [2.75, 3.05) is 0 Å². The summed E-state index contributed by atoms with van der Waals surface area (Å²) in [6.45, 7) is 7.18. The third-order valence-electron chi connectivity index (χ3n) is 5.61. The molecule has 0 saturated heterocycles. The first-order valence-electron chi connectivity index (χ1n) is 11.3. The number of hydrogen-bond donors (Lipinski definition) is 2. The van der Waals surface area contributed by atoms with Gasteiger partial charge in [0.2, 0.25) is 5.62 Å². The zero-order chi connectivity index (χ0) is 25.7. The van der Waals surface area contributed by atoms with E-state index in [1.807, 2.05) is 20.8 Å². The van der Waals surface area contributed by atoms with Crippen molar-refractivity contribution in [3.05, 3.63) is 85.2 Å². The van der Waals surface area contributed by atoms with Gasteiger partial charge in [0, 0.05) is 11.6 Å². The summed E-state index contributed by atoms with van der Waals surface area (Å²) in [5.74, 6) is -1.30. The first-order chi connectivity index (χ1) is 16.6. The van der Waals surface area contributed by atoms with E-state index in [4.69, 9.17) is 16.3 Å². The van der Waals surface area contributed by atoms with Crippen LogP contribution in [-0.4, -0.2) is 31.3 Å². The topological polar surface area (TPSA) is 119 Å². The number of carboxylic acids is 1. The van der Waals surface area contributed by atoms with Gasteiger partial charge in [-0.2, -0.15) is 0 Å². The van der Waals surface area contributed by atoms with Gasteiger partial charge in [-0.15, -0.1) is 0 Å². The molecule has 186 valence electrons. The van der Waals surface area contributed by atoms with E-state index < -0.39 is 23.3 Å². The number of ether oxygens (including phenoxy) is 1. The van der Waals surface area contributed by atoms with Gasteiger partial charge in [-0.25, -0.2) is 19.1 Å². The number of rotatable bonds is 9. The summed E-state index contributed by atoms with van der Waals surface area (Å²) in [4.78, 5) is 44.5. The molecule has 0 radical (unpaired) electrons. The Kier molecular flexibility index (Phi) is 8.34. The van der Waals surface area contributed by atoms with Crippen molar-refractivity contribution < 1.29 is 14.6 Å². The molecule has 2 atom stereocenters. The van der Waals surface area contributed by atoms with Gasteiger partial charge in [0.15, 0.2) is 0 Å². The number of nitrogens with one attached hydrogen (secondary N) is 1. The minimum Gasteiger partial charge on any atom is -0.490 e. The summed E-state index contributed by atoms with van der Waals surface area (Å²) in [5, 5.41) is 9.80. The van der Waals surface area contributed by atoms with Crippen LogP contribution >= 0.6 is 11.6 Å². The Labute approximate surface area is 207 Å². The Hall–Kier alpha value is -3.59. The van der Waals surface area contributed by atoms with Crippen molar-refractivity contribution in [3.63, 3.8) is 0 Å². The minimum atomic E-state index is -1.11. The molecule has 0 saturated carbocycles. The average molecular weight is 501 g/mol. The molecule has 0 bridgehead atoms. The molecule has 1 aromatic heterocycles. The number of H-pyrrole nitrogens is 1. The Bertz CT molecular complexity index is 1390. The van der Waals surface area contributed by atoms with Crippen molar-refractivity contribution in [1.29, 1.82) is 0 Å². The van der Waals surface area contributed by atoms with Gasteiger partial charge in [0.05, 0.1) is 24.3 Å². The van der Waals surface area contributed by atoms with Gasteiger partial charge < -0.3 is 9.84 Å². The van der Waals surface area contributed by atoms with Crippen LogP contribution in [0.1, 0.15) is 38.3 Å². The zero-order valence-electron chi connectivity index (χ0n) is 20.1. The van der Waals surface area contributed by atoms with Crippen molar-refractivity contribution in [3.8, 4) is 5.75 Å². The smallest absolute Gasteiger partial charge is 0.335 e. The van der Waals surface area contributed by atoms with E-state index in [0.29, 0.717) is 10.7 Å². The van der Waals surface area contributed by atoms with E-state index in [-0.39, 0.29) is 24.8 Å². The minimum absolute atomic E-state index is 0.0455. The normalized spacial score (nSPS) is 13.5. The highest BCUT2D eigenvalue weighted by Gasteiger charge is 2.17. The second-order valence-corrected chi connectivity index (χ2v) is 8.93. The van der Waals surface area contributed by atoms with Gasteiger partial charge in [-0.3, -0.25) is 14.3 Å². The average Bonchev–Trinajstić information content (AvgIpc) is 2.81. The lowest BCUT2D eigenvalue weighted by atomic mass is 10.2. The largest absolute Gasteiger partial charge is 0.490 e.